The first-order valence-corrected chi connectivity index (χ1v) is 6.14. The molecular formula is C13H18ClN. The van der Waals surface area contributed by atoms with E-state index in [-0.39, 0.29) is 6.04 Å². The lowest BCUT2D eigenvalue weighted by atomic mass is 9.93. The Labute approximate surface area is 96.6 Å². The molecule has 1 fully saturated rings. The van der Waals surface area contributed by atoms with Gasteiger partial charge in [0.25, 0.3) is 0 Å². The highest BCUT2D eigenvalue weighted by atomic mass is 35.5. The minimum absolute atomic E-state index is 0.285. The zero-order chi connectivity index (χ0) is 10.7. The summed E-state index contributed by atoms with van der Waals surface area (Å²) in [5, 5.41) is 0.853. The fourth-order valence-electron chi connectivity index (χ4n) is 2.47. The fraction of sp³-hybridized carbons (Fsp3) is 0.538. The summed E-state index contributed by atoms with van der Waals surface area (Å²) in [6.07, 6.45) is 6.21. The average Bonchev–Trinajstić information content (AvgIpc) is 2.74. The van der Waals surface area contributed by atoms with E-state index in [0.29, 0.717) is 5.92 Å². The van der Waals surface area contributed by atoms with Crippen molar-refractivity contribution < 1.29 is 0 Å². The molecule has 2 N–H and O–H groups in total. The number of rotatable bonds is 3. The smallest absolute Gasteiger partial charge is 0.0438 e. The molecule has 0 heterocycles. The van der Waals surface area contributed by atoms with Crippen LogP contribution in [0.2, 0.25) is 5.02 Å². The molecule has 0 aromatic heterocycles. The monoisotopic (exact) mass is 223 g/mol. The van der Waals surface area contributed by atoms with Crippen LogP contribution in [0.5, 0.6) is 0 Å². The van der Waals surface area contributed by atoms with E-state index >= 15 is 0 Å². The maximum Gasteiger partial charge on any atom is 0.0438 e. The van der Waals surface area contributed by atoms with Gasteiger partial charge in [-0.1, -0.05) is 42.6 Å². The molecule has 0 aliphatic heterocycles. The van der Waals surface area contributed by atoms with Crippen molar-refractivity contribution in [3.05, 3.63) is 34.9 Å². The van der Waals surface area contributed by atoms with E-state index in [4.69, 9.17) is 17.3 Å². The Morgan fingerprint density at radius 1 is 1.27 bits per heavy atom. The predicted octanol–water partition coefficient (Wildman–Crippen LogP) is 3.40. The maximum atomic E-state index is 6.22. The van der Waals surface area contributed by atoms with Gasteiger partial charge in [-0.2, -0.15) is 0 Å². The highest BCUT2D eigenvalue weighted by Crippen LogP contribution is 2.29. The van der Waals surface area contributed by atoms with Crippen molar-refractivity contribution in [3.8, 4) is 0 Å². The van der Waals surface area contributed by atoms with Crippen LogP contribution in [-0.2, 0) is 6.42 Å². The Morgan fingerprint density at radius 3 is 2.60 bits per heavy atom. The first kappa shape index (κ1) is 11.0. The molecular weight excluding hydrogens is 206 g/mol. The minimum atomic E-state index is 0.285. The molecule has 0 bridgehead atoms. The fourth-order valence-corrected chi connectivity index (χ4v) is 2.68. The third kappa shape index (κ3) is 2.73. The molecule has 0 radical (unpaired) electrons. The topological polar surface area (TPSA) is 26.0 Å². The summed E-state index contributed by atoms with van der Waals surface area (Å²) < 4.78 is 0. The minimum Gasteiger partial charge on any atom is -0.327 e. The summed E-state index contributed by atoms with van der Waals surface area (Å²) in [7, 11) is 0. The first-order valence-electron chi connectivity index (χ1n) is 5.76. The Bertz CT molecular complexity index is 318. The van der Waals surface area contributed by atoms with Crippen molar-refractivity contribution in [2.45, 2.75) is 38.1 Å². The van der Waals surface area contributed by atoms with E-state index in [0.717, 1.165) is 11.4 Å². The first-order chi connectivity index (χ1) is 7.27. The van der Waals surface area contributed by atoms with Gasteiger partial charge in [-0.15, -0.1) is 0 Å². The van der Waals surface area contributed by atoms with E-state index in [1.165, 1.54) is 31.2 Å². The largest absolute Gasteiger partial charge is 0.327 e. The molecule has 1 nitrogen and oxygen atoms in total. The molecule has 1 aromatic carbocycles. The van der Waals surface area contributed by atoms with Crippen molar-refractivity contribution in [1.82, 2.24) is 0 Å². The third-order valence-electron chi connectivity index (χ3n) is 3.42. The lowest BCUT2D eigenvalue weighted by Gasteiger charge is -2.19. The van der Waals surface area contributed by atoms with Gasteiger partial charge in [0, 0.05) is 11.1 Å². The van der Waals surface area contributed by atoms with Gasteiger partial charge in [0.2, 0.25) is 0 Å². The number of hydrogen-bond donors (Lipinski definition) is 1. The second-order valence-electron chi connectivity index (χ2n) is 4.50. The summed E-state index contributed by atoms with van der Waals surface area (Å²) in [6.45, 7) is 0. The van der Waals surface area contributed by atoms with Gasteiger partial charge in [0.1, 0.15) is 0 Å². The second-order valence-corrected chi connectivity index (χ2v) is 4.91. The molecule has 1 unspecified atom stereocenters. The molecule has 1 atom stereocenters. The summed E-state index contributed by atoms with van der Waals surface area (Å²) in [5.41, 5.74) is 7.41. The number of halogens is 1. The zero-order valence-corrected chi connectivity index (χ0v) is 9.71. The van der Waals surface area contributed by atoms with Gasteiger partial charge in [-0.05, 0) is 36.8 Å². The highest BCUT2D eigenvalue weighted by Gasteiger charge is 2.22. The number of nitrogens with two attached hydrogens (primary N) is 1. The molecule has 1 aliphatic carbocycles. The second kappa shape index (κ2) is 5.00. The maximum absolute atomic E-state index is 6.22. The molecule has 1 aliphatic rings. The van der Waals surface area contributed by atoms with Gasteiger partial charge in [-0.25, -0.2) is 0 Å². The Kier molecular flexibility index (Phi) is 3.66. The molecule has 2 heteroatoms. The van der Waals surface area contributed by atoms with Crippen LogP contribution < -0.4 is 5.73 Å². The van der Waals surface area contributed by atoms with Crippen molar-refractivity contribution >= 4 is 11.6 Å². The van der Waals surface area contributed by atoms with E-state index in [1.54, 1.807) is 0 Å². The van der Waals surface area contributed by atoms with Crippen LogP contribution in [-0.4, -0.2) is 6.04 Å². The van der Waals surface area contributed by atoms with Gasteiger partial charge in [0.15, 0.2) is 0 Å². The van der Waals surface area contributed by atoms with Crippen LogP contribution in [0.4, 0.5) is 0 Å². The van der Waals surface area contributed by atoms with Crippen molar-refractivity contribution in [2.75, 3.05) is 0 Å². The molecule has 1 aromatic rings. The molecule has 0 amide bonds. The molecule has 1 saturated carbocycles. The Hall–Kier alpha value is -0.530. The summed E-state index contributed by atoms with van der Waals surface area (Å²) in [4.78, 5) is 0. The lowest BCUT2D eigenvalue weighted by Crippen LogP contribution is -2.30. The predicted molar refractivity (Wildman–Crippen MR) is 65.1 cm³/mol. The van der Waals surface area contributed by atoms with Gasteiger partial charge in [0.05, 0.1) is 0 Å². The normalized spacial score (nSPS) is 19.3. The van der Waals surface area contributed by atoms with Crippen molar-refractivity contribution in [1.29, 1.82) is 0 Å². The van der Waals surface area contributed by atoms with Crippen LogP contribution in [0.15, 0.2) is 24.3 Å². The average molecular weight is 224 g/mol. The van der Waals surface area contributed by atoms with E-state index in [1.807, 2.05) is 18.2 Å². The quantitative estimate of drug-likeness (QED) is 0.835. The summed E-state index contributed by atoms with van der Waals surface area (Å²) in [6, 6.07) is 8.30. The zero-order valence-electron chi connectivity index (χ0n) is 8.95. The van der Waals surface area contributed by atoms with Gasteiger partial charge < -0.3 is 5.73 Å². The van der Waals surface area contributed by atoms with E-state index < -0.39 is 0 Å². The molecule has 0 spiro atoms. The van der Waals surface area contributed by atoms with Crippen LogP contribution in [0.3, 0.4) is 0 Å². The van der Waals surface area contributed by atoms with Crippen LogP contribution in [0.1, 0.15) is 31.2 Å². The van der Waals surface area contributed by atoms with Crippen molar-refractivity contribution in [3.63, 3.8) is 0 Å². The van der Waals surface area contributed by atoms with Crippen LogP contribution in [0.25, 0.3) is 0 Å². The summed E-state index contributed by atoms with van der Waals surface area (Å²) in [5.74, 6) is 0.710. The van der Waals surface area contributed by atoms with Gasteiger partial charge >= 0.3 is 0 Å². The molecule has 0 saturated heterocycles. The van der Waals surface area contributed by atoms with Gasteiger partial charge in [-0.3, -0.25) is 0 Å². The van der Waals surface area contributed by atoms with Crippen molar-refractivity contribution in [2.24, 2.45) is 11.7 Å². The van der Waals surface area contributed by atoms with E-state index in [2.05, 4.69) is 6.07 Å². The Balaban J connectivity index is 1.99. The molecule has 82 valence electrons. The van der Waals surface area contributed by atoms with Crippen LogP contribution >= 0.6 is 11.6 Å². The van der Waals surface area contributed by atoms with E-state index in [9.17, 15) is 0 Å². The Morgan fingerprint density at radius 2 is 1.93 bits per heavy atom. The SMILES string of the molecule is NC(Cc1ccccc1Cl)C1CCCC1. The standard InChI is InChI=1S/C13H18ClN/c14-12-8-4-3-7-11(12)9-13(15)10-5-1-2-6-10/h3-4,7-8,10,13H,1-2,5-6,9,15H2. The molecule has 2 rings (SSSR count). The third-order valence-corrected chi connectivity index (χ3v) is 3.79. The number of benzene rings is 1. The van der Waals surface area contributed by atoms with Crippen LogP contribution in [0, 0.1) is 5.92 Å². The molecule has 15 heavy (non-hydrogen) atoms. The summed E-state index contributed by atoms with van der Waals surface area (Å²) >= 11 is 6.12. The highest BCUT2D eigenvalue weighted by molar-refractivity contribution is 6.31. The number of hydrogen-bond acceptors (Lipinski definition) is 1. The lowest BCUT2D eigenvalue weighted by molar-refractivity contribution is 0.429.